The molecule has 6 heteroatoms. The Labute approximate surface area is 109 Å². The Balaban J connectivity index is 2.60. The summed E-state index contributed by atoms with van der Waals surface area (Å²) >= 11 is 0. The number of benzene rings is 1. The van der Waals surface area contributed by atoms with E-state index in [-0.39, 0.29) is 18.1 Å². The lowest BCUT2D eigenvalue weighted by molar-refractivity contribution is -0.129. The zero-order valence-electron chi connectivity index (χ0n) is 10.6. The average Bonchev–Trinajstić information content (AvgIpc) is 2.38. The van der Waals surface area contributed by atoms with Crippen LogP contribution in [0.25, 0.3) is 6.08 Å². The van der Waals surface area contributed by atoms with Crippen LogP contribution in [0.5, 0.6) is 5.75 Å². The molecule has 0 bridgehead atoms. The van der Waals surface area contributed by atoms with Crippen molar-refractivity contribution in [3.63, 3.8) is 0 Å². The van der Waals surface area contributed by atoms with E-state index in [9.17, 15) is 9.18 Å². The van der Waals surface area contributed by atoms with Crippen molar-refractivity contribution in [1.29, 1.82) is 0 Å². The molecule has 0 spiro atoms. The van der Waals surface area contributed by atoms with Gasteiger partial charge in [0.2, 0.25) is 0 Å². The van der Waals surface area contributed by atoms with E-state index in [1.165, 1.54) is 32.2 Å². The number of methoxy groups -OCH3 is 1. The molecule has 0 radical (unpaired) electrons. The lowest BCUT2D eigenvalue weighted by Crippen LogP contribution is -2.08. The molecule has 1 aromatic rings. The number of nitrogens with zero attached hydrogens (tertiary/aromatic N) is 1. The fraction of sp³-hybridized carbons (Fsp3) is 0.231. The molecule has 0 fully saturated rings. The number of carboxylic acid groups (broad SMARTS) is 1. The lowest BCUT2D eigenvalue weighted by atomic mass is 10.2. The maximum atomic E-state index is 13.0. The number of rotatable bonds is 6. The minimum atomic E-state index is -1.14. The average molecular weight is 267 g/mol. The highest BCUT2D eigenvalue weighted by Crippen LogP contribution is 2.20. The Bertz CT molecular complexity index is 511. The third-order valence-electron chi connectivity index (χ3n) is 2.17. The topological polar surface area (TPSA) is 68.1 Å². The van der Waals surface area contributed by atoms with Gasteiger partial charge in [0.1, 0.15) is 18.2 Å². The van der Waals surface area contributed by atoms with E-state index in [0.29, 0.717) is 11.3 Å². The van der Waals surface area contributed by atoms with Crippen molar-refractivity contribution in [1.82, 2.24) is 0 Å². The van der Waals surface area contributed by atoms with E-state index in [2.05, 4.69) is 5.16 Å². The molecule has 19 heavy (non-hydrogen) atoms. The second-order valence-electron chi connectivity index (χ2n) is 3.57. The van der Waals surface area contributed by atoms with E-state index in [4.69, 9.17) is 14.7 Å². The molecule has 0 heterocycles. The number of aliphatic carboxylic acids is 1. The van der Waals surface area contributed by atoms with Crippen molar-refractivity contribution in [2.45, 2.75) is 6.92 Å². The number of carboxylic acids is 1. The molecule has 0 aliphatic rings. The molecule has 0 aromatic heterocycles. The van der Waals surface area contributed by atoms with Gasteiger partial charge in [-0.1, -0.05) is 11.2 Å². The number of halogens is 1. The van der Waals surface area contributed by atoms with Gasteiger partial charge in [-0.3, -0.25) is 0 Å². The van der Waals surface area contributed by atoms with Gasteiger partial charge in [0, 0.05) is 5.56 Å². The Hall–Kier alpha value is -2.37. The van der Waals surface area contributed by atoms with Crippen LogP contribution in [0.2, 0.25) is 0 Å². The van der Waals surface area contributed by atoms with Crippen LogP contribution >= 0.6 is 0 Å². The van der Waals surface area contributed by atoms with Crippen molar-refractivity contribution >= 4 is 17.8 Å². The second kappa shape index (κ2) is 7.15. The summed E-state index contributed by atoms with van der Waals surface area (Å²) in [6.45, 7) is 1.39. The summed E-state index contributed by atoms with van der Waals surface area (Å²) in [6, 6.07) is 4.14. The Morgan fingerprint density at radius 3 is 2.89 bits per heavy atom. The van der Waals surface area contributed by atoms with Crippen molar-refractivity contribution in [2.24, 2.45) is 5.16 Å². The van der Waals surface area contributed by atoms with Crippen molar-refractivity contribution in [3.8, 4) is 5.75 Å². The maximum absolute atomic E-state index is 13.0. The molecule has 1 aromatic carbocycles. The van der Waals surface area contributed by atoms with Gasteiger partial charge in [0.05, 0.1) is 7.11 Å². The van der Waals surface area contributed by atoms with E-state index in [0.717, 1.165) is 0 Å². The van der Waals surface area contributed by atoms with Crippen LogP contribution in [0.3, 0.4) is 0 Å². The molecule has 0 aliphatic heterocycles. The van der Waals surface area contributed by atoms with Gasteiger partial charge in [0.15, 0.2) is 5.71 Å². The highest BCUT2D eigenvalue weighted by atomic mass is 19.1. The fourth-order valence-corrected chi connectivity index (χ4v) is 1.23. The number of hydrogen-bond acceptors (Lipinski definition) is 4. The van der Waals surface area contributed by atoms with Crippen LogP contribution in [0.4, 0.5) is 4.39 Å². The SMILES string of the molecule is COc1ccc(F)cc1C=CCON=C(C)C(=O)O. The molecule has 5 nitrogen and oxygen atoms in total. The predicted molar refractivity (Wildman–Crippen MR) is 68.7 cm³/mol. The standard InChI is InChI=1S/C13H14FNO4/c1-9(13(16)17)15-19-7-3-4-10-8-11(14)5-6-12(10)18-2/h3-6,8H,7H2,1-2H3,(H,16,17). The Kier molecular flexibility index (Phi) is 5.53. The van der Waals surface area contributed by atoms with E-state index in [1.54, 1.807) is 12.2 Å². The summed E-state index contributed by atoms with van der Waals surface area (Å²) in [7, 11) is 1.49. The first-order chi connectivity index (χ1) is 9.04. The molecule has 0 aliphatic carbocycles. The number of ether oxygens (including phenoxy) is 1. The minimum Gasteiger partial charge on any atom is -0.496 e. The van der Waals surface area contributed by atoms with Crippen LogP contribution in [0.15, 0.2) is 29.4 Å². The van der Waals surface area contributed by atoms with Crippen LogP contribution < -0.4 is 4.74 Å². The summed E-state index contributed by atoms with van der Waals surface area (Å²) in [5, 5.41) is 11.9. The summed E-state index contributed by atoms with van der Waals surface area (Å²) in [5.74, 6) is -0.986. The summed E-state index contributed by atoms with van der Waals surface area (Å²) in [6.07, 6.45) is 3.18. The van der Waals surface area contributed by atoms with Crippen LogP contribution in [-0.4, -0.2) is 30.5 Å². The molecular weight excluding hydrogens is 253 g/mol. The third-order valence-corrected chi connectivity index (χ3v) is 2.17. The first kappa shape index (κ1) is 14.7. The highest BCUT2D eigenvalue weighted by Gasteiger charge is 2.02. The Morgan fingerprint density at radius 1 is 1.53 bits per heavy atom. The Morgan fingerprint density at radius 2 is 2.26 bits per heavy atom. The predicted octanol–water partition coefficient (Wildman–Crippen LogP) is 2.32. The van der Waals surface area contributed by atoms with E-state index in [1.807, 2.05) is 0 Å². The maximum Gasteiger partial charge on any atom is 0.353 e. The molecular formula is C13H14FNO4. The minimum absolute atomic E-state index is 0.0737. The first-order valence-corrected chi connectivity index (χ1v) is 5.44. The van der Waals surface area contributed by atoms with Crippen LogP contribution in [0, 0.1) is 5.82 Å². The zero-order valence-corrected chi connectivity index (χ0v) is 10.6. The molecule has 0 unspecified atom stereocenters. The van der Waals surface area contributed by atoms with Gasteiger partial charge in [-0.15, -0.1) is 0 Å². The van der Waals surface area contributed by atoms with Gasteiger partial charge in [-0.2, -0.15) is 0 Å². The van der Waals surface area contributed by atoms with Gasteiger partial charge < -0.3 is 14.7 Å². The zero-order chi connectivity index (χ0) is 14.3. The fourth-order valence-electron chi connectivity index (χ4n) is 1.23. The van der Waals surface area contributed by atoms with Gasteiger partial charge in [0.25, 0.3) is 0 Å². The van der Waals surface area contributed by atoms with Crippen LogP contribution in [-0.2, 0) is 9.63 Å². The molecule has 1 rings (SSSR count). The lowest BCUT2D eigenvalue weighted by Gasteiger charge is -2.04. The quantitative estimate of drug-likeness (QED) is 0.488. The number of oxime groups is 1. The van der Waals surface area contributed by atoms with E-state index >= 15 is 0 Å². The van der Waals surface area contributed by atoms with Crippen LogP contribution in [0.1, 0.15) is 12.5 Å². The molecule has 0 saturated heterocycles. The number of carbonyl (C=O) groups is 1. The normalized spacial score (nSPS) is 11.6. The van der Waals surface area contributed by atoms with E-state index < -0.39 is 5.97 Å². The second-order valence-corrected chi connectivity index (χ2v) is 3.57. The first-order valence-electron chi connectivity index (χ1n) is 5.44. The molecule has 0 amide bonds. The largest absolute Gasteiger partial charge is 0.496 e. The van der Waals surface area contributed by atoms with Crippen molar-refractivity contribution < 1.29 is 23.9 Å². The van der Waals surface area contributed by atoms with Gasteiger partial charge in [-0.25, -0.2) is 9.18 Å². The summed E-state index contributed by atoms with van der Waals surface area (Å²) < 4.78 is 18.1. The number of hydrogen-bond donors (Lipinski definition) is 1. The molecule has 0 saturated carbocycles. The highest BCUT2D eigenvalue weighted by molar-refractivity contribution is 6.34. The van der Waals surface area contributed by atoms with Crippen molar-refractivity contribution in [3.05, 3.63) is 35.7 Å². The monoisotopic (exact) mass is 267 g/mol. The smallest absolute Gasteiger partial charge is 0.353 e. The summed E-state index contributed by atoms with van der Waals surface area (Å²) in [4.78, 5) is 15.2. The summed E-state index contributed by atoms with van der Waals surface area (Å²) in [5.41, 5.74) is 0.418. The molecule has 0 atom stereocenters. The third kappa shape index (κ3) is 4.79. The molecule has 102 valence electrons. The van der Waals surface area contributed by atoms with Gasteiger partial charge >= 0.3 is 5.97 Å². The van der Waals surface area contributed by atoms with Gasteiger partial charge in [-0.05, 0) is 31.2 Å². The molecule has 1 N–H and O–H groups in total. The van der Waals surface area contributed by atoms with Crippen molar-refractivity contribution in [2.75, 3.05) is 13.7 Å².